The van der Waals surface area contributed by atoms with Crippen molar-refractivity contribution in [3.05, 3.63) is 71.2 Å². The highest BCUT2D eigenvalue weighted by Gasteiger charge is 2.06. The van der Waals surface area contributed by atoms with Crippen LogP contribution in [0.2, 0.25) is 0 Å². The summed E-state index contributed by atoms with van der Waals surface area (Å²) < 4.78 is 1.02. The summed E-state index contributed by atoms with van der Waals surface area (Å²) in [6.07, 6.45) is 0. The number of hydrogen-bond acceptors (Lipinski definition) is 4. The van der Waals surface area contributed by atoms with Crippen LogP contribution >= 0.6 is 27.7 Å². The summed E-state index contributed by atoms with van der Waals surface area (Å²) in [5.74, 6) is 0.228. The highest BCUT2D eigenvalue weighted by atomic mass is 79.9. The molecule has 0 saturated heterocycles. The first-order valence-electron chi connectivity index (χ1n) is 7.28. The number of nitrogens with zero attached hydrogens (tertiary/aromatic N) is 2. The van der Waals surface area contributed by atoms with Crippen molar-refractivity contribution >= 4 is 39.3 Å². The van der Waals surface area contributed by atoms with Crippen molar-refractivity contribution in [3.63, 3.8) is 0 Å². The molecule has 4 nitrogen and oxygen atoms in total. The number of halogens is 1. The van der Waals surface area contributed by atoms with Gasteiger partial charge in [-0.15, -0.1) is 10.2 Å². The molecule has 6 heteroatoms. The first-order valence-corrected chi connectivity index (χ1v) is 9.06. The van der Waals surface area contributed by atoms with Gasteiger partial charge in [-0.25, -0.2) is 0 Å². The Hall–Kier alpha value is -2.18. The lowest BCUT2D eigenvalue weighted by atomic mass is 10.1. The monoisotopic (exact) mass is 399 g/mol. The molecule has 0 fully saturated rings. The number of para-hydroxylation sites is 1. The zero-order chi connectivity index (χ0) is 16.8. The maximum Gasteiger partial charge on any atom is 0.234 e. The predicted molar refractivity (Wildman–Crippen MR) is 101 cm³/mol. The number of nitrogens with one attached hydrogen (secondary N) is 1. The Balaban J connectivity index is 1.56. The predicted octanol–water partition coefficient (Wildman–Crippen LogP) is 4.64. The van der Waals surface area contributed by atoms with Gasteiger partial charge >= 0.3 is 0 Å². The Morgan fingerprint density at radius 2 is 1.71 bits per heavy atom. The summed E-state index contributed by atoms with van der Waals surface area (Å²) in [7, 11) is 0. The molecule has 0 saturated carbocycles. The van der Waals surface area contributed by atoms with Gasteiger partial charge in [0.05, 0.1) is 11.4 Å². The number of carbonyl (C=O) groups is 1. The fourth-order valence-corrected chi connectivity index (χ4v) is 2.91. The standard InChI is InChI=1S/C18H14BrN3OS/c19-14-8-6-13(7-9-14)16-10-11-18(22-21-16)24-12-17(23)20-15-4-2-1-3-5-15/h1-11H,12H2,(H,20,23). The van der Waals surface area contributed by atoms with Crippen molar-refractivity contribution in [3.8, 4) is 11.3 Å². The number of carbonyl (C=O) groups excluding carboxylic acids is 1. The molecule has 0 spiro atoms. The summed E-state index contributed by atoms with van der Waals surface area (Å²) >= 11 is 4.77. The topological polar surface area (TPSA) is 54.9 Å². The Bertz CT molecular complexity index is 808. The van der Waals surface area contributed by atoms with Crippen molar-refractivity contribution in [1.29, 1.82) is 0 Å². The van der Waals surface area contributed by atoms with E-state index in [1.807, 2.05) is 66.7 Å². The van der Waals surface area contributed by atoms with E-state index in [0.29, 0.717) is 5.75 Å². The average molecular weight is 400 g/mol. The molecule has 2 aromatic carbocycles. The third-order valence-electron chi connectivity index (χ3n) is 3.19. The van der Waals surface area contributed by atoms with Gasteiger partial charge in [0.1, 0.15) is 5.03 Å². The second-order valence-corrected chi connectivity index (χ2v) is 6.88. The van der Waals surface area contributed by atoms with Gasteiger partial charge in [0.15, 0.2) is 0 Å². The van der Waals surface area contributed by atoms with E-state index in [0.717, 1.165) is 26.4 Å². The number of rotatable bonds is 5. The minimum Gasteiger partial charge on any atom is -0.325 e. The molecule has 1 heterocycles. The number of anilines is 1. The molecule has 1 aromatic heterocycles. The van der Waals surface area contributed by atoms with Crippen LogP contribution in [0.1, 0.15) is 0 Å². The molecule has 0 atom stereocenters. The summed E-state index contributed by atoms with van der Waals surface area (Å²) in [6.45, 7) is 0. The molecule has 120 valence electrons. The Morgan fingerprint density at radius 1 is 0.958 bits per heavy atom. The summed E-state index contributed by atoms with van der Waals surface area (Å²) in [5, 5.41) is 12.0. The van der Waals surface area contributed by atoms with Gasteiger partial charge in [0.2, 0.25) is 5.91 Å². The highest BCUT2D eigenvalue weighted by molar-refractivity contribution is 9.10. The fraction of sp³-hybridized carbons (Fsp3) is 0.0556. The lowest BCUT2D eigenvalue weighted by molar-refractivity contribution is -0.113. The van der Waals surface area contributed by atoms with Crippen molar-refractivity contribution < 1.29 is 4.79 Å². The van der Waals surface area contributed by atoms with E-state index in [4.69, 9.17) is 0 Å². The van der Waals surface area contributed by atoms with Gasteiger partial charge in [-0.1, -0.05) is 58.0 Å². The van der Waals surface area contributed by atoms with Crippen molar-refractivity contribution in [2.45, 2.75) is 5.03 Å². The van der Waals surface area contributed by atoms with Gasteiger partial charge in [-0.05, 0) is 36.4 Å². The van der Waals surface area contributed by atoms with Crippen LogP contribution < -0.4 is 5.32 Å². The van der Waals surface area contributed by atoms with Gasteiger partial charge in [0.25, 0.3) is 0 Å². The van der Waals surface area contributed by atoms with E-state index in [9.17, 15) is 4.79 Å². The molecule has 0 aliphatic rings. The first-order chi connectivity index (χ1) is 11.7. The lowest BCUT2D eigenvalue weighted by Gasteiger charge is -2.05. The number of amides is 1. The normalized spacial score (nSPS) is 10.4. The minimum absolute atomic E-state index is 0.0648. The lowest BCUT2D eigenvalue weighted by Crippen LogP contribution is -2.13. The molecule has 0 aliphatic heterocycles. The van der Waals surface area contributed by atoms with Gasteiger partial charge in [0, 0.05) is 15.7 Å². The zero-order valence-corrected chi connectivity index (χ0v) is 15.0. The second kappa shape index (κ2) is 8.08. The third kappa shape index (κ3) is 4.66. The van der Waals surface area contributed by atoms with E-state index in [2.05, 4.69) is 31.4 Å². The summed E-state index contributed by atoms with van der Waals surface area (Å²) in [5.41, 5.74) is 2.60. The molecule has 0 aliphatic carbocycles. The molecular weight excluding hydrogens is 386 g/mol. The van der Waals surface area contributed by atoms with Crippen LogP contribution in [0.15, 0.2) is 76.2 Å². The Labute approximate surface area is 152 Å². The second-order valence-electron chi connectivity index (χ2n) is 4.97. The third-order valence-corrected chi connectivity index (χ3v) is 4.64. The maximum atomic E-state index is 11.9. The molecule has 24 heavy (non-hydrogen) atoms. The average Bonchev–Trinajstić information content (AvgIpc) is 2.62. The number of benzene rings is 2. The van der Waals surface area contributed by atoms with Gasteiger partial charge in [-0.2, -0.15) is 0 Å². The molecule has 0 unspecified atom stereocenters. The smallest absolute Gasteiger partial charge is 0.234 e. The van der Waals surface area contributed by atoms with Crippen LogP contribution in [-0.4, -0.2) is 21.9 Å². The van der Waals surface area contributed by atoms with Crippen molar-refractivity contribution in [2.75, 3.05) is 11.1 Å². The molecule has 0 radical (unpaired) electrons. The van der Waals surface area contributed by atoms with Crippen LogP contribution in [0.3, 0.4) is 0 Å². The van der Waals surface area contributed by atoms with Crippen molar-refractivity contribution in [1.82, 2.24) is 10.2 Å². The molecular formula is C18H14BrN3OS. The maximum absolute atomic E-state index is 11.9. The Morgan fingerprint density at radius 3 is 2.38 bits per heavy atom. The molecule has 3 aromatic rings. The largest absolute Gasteiger partial charge is 0.325 e. The van der Waals surface area contributed by atoms with E-state index in [1.54, 1.807) is 0 Å². The number of thioether (sulfide) groups is 1. The molecule has 1 amide bonds. The van der Waals surface area contributed by atoms with Gasteiger partial charge in [-0.3, -0.25) is 4.79 Å². The zero-order valence-electron chi connectivity index (χ0n) is 12.6. The molecule has 0 bridgehead atoms. The van der Waals surface area contributed by atoms with Crippen LogP contribution in [-0.2, 0) is 4.79 Å². The summed E-state index contributed by atoms with van der Waals surface area (Å²) in [4.78, 5) is 11.9. The van der Waals surface area contributed by atoms with E-state index >= 15 is 0 Å². The minimum atomic E-state index is -0.0648. The SMILES string of the molecule is O=C(CSc1ccc(-c2ccc(Br)cc2)nn1)Nc1ccccc1. The van der Waals surface area contributed by atoms with Crippen LogP contribution in [0.25, 0.3) is 11.3 Å². The summed E-state index contributed by atoms with van der Waals surface area (Å²) in [6, 6.07) is 21.1. The van der Waals surface area contributed by atoms with Crippen LogP contribution in [0.4, 0.5) is 5.69 Å². The van der Waals surface area contributed by atoms with Gasteiger partial charge < -0.3 is 5.32 Å². The van der Waals surface area contributed by atoms with E-state index in [-0.39, 0.29) is 5.91 Å². The van der Waals surface area contributed by atoms with Crippen LogP contribution in [0.5, 0.6) is 0 Å². The number of hydrogen-bond donors (Lipinski definition) is 1. The number of aromatic nitrogens is 2. The van der Waals surface area contributed by atoms with Crippen LogP contribution in [0, 0.1) is 0 Å². The quantitative estimate of drug-likeness (QED) is 0.635. The molecule has 3 rings (SSSR count). The molecule has 1 N–H and O–H groups in total. The Kier molecular flexibility index (Phi) is 5.61. The first kappa shape index (κ1) is 16.7. The van der Waals surface area contributed by atoms with E-state index < -0.39 is 0 Å². The fourth-order valence-electron chi connectivity index (χ4n) is 2.03. The van der Waals surface area contributed by atoms with E-state index in [1.165, 1.54) is 11.8 Å². The van der Waals surface area contributed by atoms with Crippen molar-refractivity contribution in [2.24, 2.45) is 0 Å². The highest BCUT2D eigenvalue weighted by Crippen LogP contribution is 2.21.